The Hall–Kier alpha value is -2.41. The third-order valence-corrected chi connectivity index (χ3v) is 6.34. The van der Waals surface area contributed by atoms with E-state index in [1.54, 1.807) is 31.4 Å². The number of hydrogen-bond acceptors (Lipinski definition) is 3. The molecule has 0 spiro atoms. The van der Waals surface area contributed by atoms with E-state index in [0.717, 1.165) is 43.3 Å². The molecule has 29 heavy (non-hydrogen) atoms. The van der Waals surface area contributed by atoms with Gasteiger partial charge < -0.3 is 14.5 Å². The third kappa shape index (κ3) is 4.15. The fourth-order valence-corrected chi connectivity index (χ4v) is 4.52. The van der Waals surface area contributed by atoms with Crippen molar-refractivity contribution in [2.75, 3.05) is 38.2 Å². The van der Waals surface area contributed by atoms with Crippen molar-refractivity contribution in [2.45, 2.75) is 19.0 Å². The molecule has 0 saturated carbocycles. The summed E-state index contributed by atoms with van der Waals surface area (Å²) in [6, 6.07) is 14.7. The van der Waals surface area contributed by atoms with Gasteiger partial charge in [-0.1, -0.05) is 29.8 Å². The van der Waals surface area contributed by atoms with E-state index < -0.39 is 0 Å². The smallest absolute Gasteiger partial charge is 0.292 e. The number of carbonyl (C=O) groups excluding carboxylic acids is 2. The minimum atomic E-state index is -0.286. The zero-order valence-corrected chi connectivity index (χ0v) is 17.2. The van der Waals surface area contributed by atoms with E-state index in [1.807, 2.05) is 18.2 Å². The number of amides is 2. The second kappa shape index (κ2) is 8.53. The third-order valence-electron chi connectivity index (χ3n) is 5.97. The first-order valence-electron chi connectivity index (χ1n) is 9.99. The fourth-order valence-electron chi connectivity index (χ4n) is 4.31. The molecule has 2 heterocycles. The van der Waals surface area contributed by atoms with Crippen molar-refractivity contribution < 1.29 is 24.1 Å². The highest BCUT2D eigenvalue weighted by Crippen LogP contribution is 2.24. The van der Waals surface area contributed by atoms with Gasteiger partial charge in [-0.15, -0.1) is 0 Å². The number of ether oxygens (including phenoxy) is 1. The number of rotatable bonds is 5. The molecule has 2 saturated heterocycles. The van der Waals surface area contributed by atoms with Gasteiger partial charge in [-0.3, -0.25) is 9.59 Å². The van der Waals surface area contributed by atoms with Gasteiger partial charge in [0.1, 0.15) is 38.5 Å². The normalized spacial score (nSPS) is 24.8. The number of halogens is 1. The molecule has 0 aromatic heterocycles. The van der Waals surface area contributed by atoms with Gasteiger partial charge in [0.25, 0.3) is 5.91 Å². The Labute approximate surface area is 175 Å². The van der Waals surface area contributed by atoms with E-state index in [9.17, 15) is 9.59 Å². The lowest BCUT2D eigenvalue weighted by Crippen LogP contribution is -3.29. The van der Waals surface area contributed by atoms with Gasteiger partial charge >= 0.3 is 0 Å². The lowest BCUT2D eigenvalue weighted by Gasteiger charge is -2.32. The Morgan fingerprint density at radius 3 is 2.38 bits per heavy atom. The fraction of sp³-hybridized carbons (Fsp3) is 0.364. The molecule has 0 unspecified atom stereocenters. The van der Waals surface area contributed by atoms with Crippen LogP contribution < -0.4 is 19.4 Å². The van der Waals surface area contributed by atoms with Gasteiger partial charge in [-0.25, -0.2) is 4.90 Å². The second-order valence-electron chi connectivity index (χ2n) is 7.70. The van der Waals surface area contributed by atoms with Crippen LogP contribution in [0.2, 0.25) is 5.02 Å². The molecule has 0 aliphatic carbocycles. The molecule has 7 heteroatoms. The summed E-state index contributed by atoms with van der Waals surface area (Å²) < 4.78 is 5.16. The van der Waals surface area contributed by atoms with Crippen LogP contribution in [0.1, 0.15) is 12.0 Å². The van der Waals surface area contributed by atoms with Crippen molar-refractivity contribution in [1.82, 2.24) is 0 Å². The van der Waals surface area contributed by atoms with Gasteiger partial charge in [0.05, 0.1) is 19.2 Å². The largest absolute Gasteiger partial charge is 0.497 e. The molecule has 2 aromatic rings. The van der Waals surface area contributed by atoms with E-state index in [4.69, 9.17) is 16.3 Å². The average molecular weight is 416 g/mol. The summed E-state index contributed by atoms with van der Waals surface area (Å²) in [4.78, 5) is 29.6. The van der Waals surface area contributed by atoms with E-state index in [-0.39, 0.29) is 24.3 Å². The number of hydrogen-bond donors (Lipinski definition) is 2. The molecule has 2 amide bonds. The standard InChI is InChI=1S/C22H24ClN3O3/c1-29-18-8-6-17(7-9-18)26-21(27)14-20(22(26)28)25-12-10-24(11-13-25)15-16-4-2-3-5-19(16)23/h2-9,20H,10-15H2,1H3/p+2/t20-/m0/s1. The number of nitrogens with one attached hydrogen (secondary N) is 2. The molecule has 2 aromatic carbocycles. The van der Waals surface area contributed by atoms with Gasteiger partial charge in [-0.05, 0) is 30.3 Å². The molecule has 2 fully saturated rings. The second-order valence-corrected chi connectivity index (χ2v) is 8.11. The number of quaternary nitrogens is 2. The van der Waals surface area contributed by atoms with Crippen LogP contribution in [0, 0.1) is 0 Å². The first kappa shape index (κ1) is 19.9. The summed E-state index contributed by atoms with van der Waals surface area (Å²) in [7, 11) is 1.59. The Kier molecular flexibility index (Phi) is 5.85. The Morgan fingerprint density at radius 2 is 1.72 bits per heavy atom. The molecule has 1 atom stereocenters. The van der Waals surface area contributed by atoms with E-state index in [1.165, 1.54) is 14.7 Å². The number of carbonyl (C=O) groups is 2. The maximum Gasteiger partial charge on any atom is 0.292 e. The number of nitrogens with zero attached hydrogens (tertiary/aromatic N) is 1. The molecule has 152 valence electrons. The quantitative estimate of drug-likeness (QED) is 0.674. The van der Waals surface area contributed by atoms with Gasteiger partial charge in [0, 0.05) is 10.6 Å². The zero-order valence-electron chi connectivity index (χ0n) is 16.5. The summed E-state index contributed by atoms with van der Waals surface area (Å²) in [6.07, 6.45) is 0.278. The van der Waals surface area contributed by atoms with Crippen molar-refractivity contribution >= 4 is 29.1 Å². The van der Waals surface area contributed by atoms with Crippen LogP contribution in [0.3, 0.4) is 0 Å². The molecular formula is C22H26ClN3O3+2. The first-order chi connectivity index (χ1) is 14.1. The Morgan fingerprint density at radius 1 is 1.03 bits per heavy atom. The monoisotopic (exact) mass is 415 g/mol. The number of methoxy groups -OCH3 is 1. The molecule has 2 N–H and O–H groups in total. The number of anilines is 1. The van der Waals surface area contributed by atoms with Crippen molar-refractivity contribution in [1.29, 1.82) is 0 Å². The van der Waals surface area contributed by atoms with Crippen molar-refractivity contribution in [3.8, 4) is 5.75 Å². The van der Waals surface area contributed by atoms with Crippen molar-refractivity contribution in [2.24, 2.45) is 0 Å². The highest BCUT2D eigenvalue weighted by molar-refractivity contribution is 6.31. The predicted octanol–water partition coefficient (Wildman–Crippen LogP) is -0.0359. The van der Waals surface area contributed by atoms with Crippen LogP contribution in [0.25, 0.3) is 0 Å². The van der Waals surface area contributed by atoms with E-state index in [2.05, 4.69) is 6.07 Å². The molecular weight excluding hydrogens is 390 g/mol. The molecule has 2 aliphatic rings. The number of imide groups is 1. The van der Waals surface area contributed by atoms with E-state index >= 15 is 0 Å². The number of piperazine rings is 1. The SMILES string of the molecule is COc1ccc(N2C(=O)C[C@H]([NH+]3CC[NH+](Cc4ccccc4Cl)CC3)C2=O)cc1. The molecule has 6 nitrogen and oxygen atoms in total. The van der Waals surface area contributed by atoms with Gasteiger partial charge in [-0.2, -0.15) is 0 Å². The minimum Gasteiger partial charge on any atom is -0.497 e. The average Bonchev–Trinajstić information content (AvgIpc) is 3.04. The lowest BCUT2D eigenvalue weighted by atomic mass is 10.1. The lowest BCUT2D eigenvalue weighted by molar-refractivity contribution is -1.02. The van der Waals surface area contributed by atoms with Crippen LogP contribution in [-0.4, -0.2) is 51.1 Å². The Balaban J connectivity index is 1.38. The number of benzene rings is 2. The van der Waals surface area contributed by atoms with Crippen molar-refractivity contribution in [3.63, 3.8) is 0 Å². The zero-order chi connectivity index (χ0) is 20.4. The summed E-state index contributed by atoms with van der Waals surface area (Å²) in [5, 5.41) is 0.807. The highest BCUT2D eigenvalue weighted by Gasteiger charge is 2.46. The van der Waals surface area contributed by atoms with Crippen LogP contribution in [0.4, 0.5) is 5.69 Å². The Bertz CT molecular complexity index is 894. The maximum atomic E-state index is 13.0. The summed E-state index contributed by atoms with van der Waals surface area (Å²) >= 11 is 6.29. The van der Waals surface area contributed by atoms with Crippen LogP contribution in [-0.2, 0) is 16.1 Å². The van der Waals surface area contributed by atoms with Gasteiger partial charge in [0.2, 0.25) is 5.91 Å². The van der Waals surface area contributed by atoms with Crippen LogP contribution in [0.5, 0.6) is 5.75 Å². The first-order valence-corrected chi connectivity index (χ1v) is 10.4. The molecule has 4 rings (SSSR count). The minimum absolute atomic E-state index is 0.0929. The molecule has 0 radical (unpaired) electrons. The van der Waals surface area contributed by atoms with Gasteiger partial charge in [0.15, 0.2) is 6.04 Å². The summed E-state index contributed by atoms with van der Waals surface area (Å²) in [6.45, 7) is 4.56. The molecule has 0 bridgehead atoms. The van der Waals surface area contributed by atoms with Crippen LogP contribution >= 0.6 is 11.6 Å². The predicted molar refractivity (Wildman–Crippen MR) is 110 cm³/mol. The maximum absolute atomic E-state index is 13.0. The van der Waals surface area contributed by atoms with E-state index in [0.29, 0.717) is 11.4 Å². The highest BCUT2D eigenvalue weighted by atomic mass is 35.5. The van der Waals surface area contributed by atoms with Crippen LogP contribution in [0.15, 0.2) is 48.5 Å². The molecule has 2 aliphatic heterocycles. The van der Waals surface area contributed by atoms with Crippen molar-refractivity contribution in [3.05, 3.63) is 59.1 Å². The summed E-state index contributed by atoms with van der Waals surface area (Å²) in [5.41, 5.74) is 1.77. The summed E-state index contributed by atoms with van der Waals surface area (Å²) in [5.74, 6) is 0.487. The topological polar surface area (TPSA) is 55.5 Å².